The van der Waals surface area contributed by atoms with Crippen LogP contribution in [0.25, 0.3) is 10.9 Å². The zero-order chi connectivity index (χ0) is 12.4. The van der Waals surface area contributed by atoms with E-state index >= 15 is 0 Å². The number of thiazole rings is 1. The van der Waals surface area contributed by atoms with Crippen LogP contribution >= 0.6 is 22.9 Å². The smallest absolute Gasteiger partial charge is 0.0795 e. The number of nitrogens with zero attached hydrogens (tertiary/aromatic N) is 1. The summed E-state index contributed by atoms with van der Waals surface area (Å²) >= 11 is 7.94. The van der Waals surface area contributed by atoms with Crippen LogP contribution in [0.3, 0.4) is 0 Å². The van der Waals surface area contributed by atoms with E-state index in [4.69, 9.17) is 11.6 Å². The third-order valence-electron chi connectivity index (χ3n) is 2.81. The van der Waals surface area contributed by atoms with E-state index in [0.717, 1.165) is 33.9 Å². The Morgan fingerprint density at radius 1 is 1.28 bits per heavy atom. The van der Waals surface area contributed by atoms with Gasteiger partial charge in [0.1, 0.15) is 0 Å². The van der Waals surface area contributed by atoms with Crippen LogP contribution in [0.2, 0.25) is 5.02 Å². The highest BCUT2D eigenvalue weighted by atomic mass is 35.5. The zero-order valence-electron chi connectivity index (χ0n) is 9.61. The van der Waals surface area contributed by atoms with Crippen molar-refractivity contribution >= 4 is 33.8 Å². The van der Waals surface area contributed by atoms with Crippen molar-refractivity contribution in [1.82, 2.24) is 15.3 Å². The first-order chi connectivity index (χ1) is 8.84. The Morgan fingerprint density at radius 2 is 2.17 bits per heavy atom. The van der Waals surface area contributed by atoms with Gasteiger partial charge in [0.15, 0.2) is 0 Å². The largest absolute Gasteiger partial charge is 0.356 e. The second kappa shape index (κ2) is 5.10. The van der Waals surface area contributed by atoms with Gasteiger partial charge in [0.25, 0.3) is 0 Å². The van der Waals surface area contributed by atoms with Crippen LogP contribution in [0.15, 0.2) is 35.2 Å². The monoisotopic (exact) mass is 277 g/mol. The first-order valence-electron chi connectivity index (χ1n) is 5.67. The first-order valence-corrected chi connectivity index (χ1v) is 6.99. The molecule has 2 N–H and O–H groups in total. The third kappa shape index (κ3) is 2.27. The van der Waals surface area contributed by atoms with Crippen molar-refractivity contribution in [2.45, 2.75) is 13.1 Å². The fourth-order valence-electron chi connectivity index (χ4n) is 1.93. The third-order valence-corrected chi connectivity index (χ3v) is 3.87. The molecule has 92 valence electrons. The molecule has 0 radical (unpaired) electrons. The van der Waals surface area contributed by atoms with Gasteiger partial charge < -0.3 is 10.3 Å². The van der Waals surface area contributed by atoms with E-state index in [1.54, 1.807) is 11.3 Å². The number of fused-ring (bicyclic) bond motifs is 1. The Kier molecular flexibility index (Phi) is 3.32. The molecule has 5 heteroatoms. The van der Waals surface area contributed by atoms with Gasteiger partial charge in [-0.1, -0.05) is 29.8 Å². The van der Waals surface area contributed by atoms with Crippen LogP contribution in [-0.2, 0) is 13.1 Å². The Bertz CT molecular complexity index is 645. The molecule has 3 nitrogen and oxygen atoms in total. The molecule has 0 aliphatic carbocycles. The summed E-state index contributed by atoms with van der Waals surface area (Å²) in [5, 5.41) is 7.25. The maximum Gasteiger partial charge on any atom is 0.0795 e. The Morgan fingerprint density at radius 3 is 2.94 bits per heavy atom. The van der Waals surface area contributed by atoms with Crippen LogP contribution in [0, 0.1) is 0 Å². The molecule has 3 rings (SSSR count). The molecule has 0 saturated carbocycles. The normalized spacial score (nSPS) is 11.2. The minimum atomic E-state index is 0.713. The summed E-state index contributed by atoms with van der Waals surface area (Å²) in [4.78, 5) is 7.56. The molecule has 1 aromatic carbocycles. The maximum atomic E-state index is 6.33. The summed E-state index contributed by atoms with van der Waals surface area (Å²) < 4.78 is 0. The Balaban J connectivity index is 1.73. The fraction of sp³-hybridized carbons (Fsp3) is 0.154. The molecule has 0 spiro atoms. The van der Waals surface area contributed by atoms with Crippen LogP contribution in [0.1, 0.15) is 11.4 Å². The minimum absolute atomic E-state index is 0.713. The maximum absolute atomic E-state index is 6.33. The van der Waals surface area contributed by atoms with Crippen molar-refractivity contribution in [3.05, 3.63) is 51.6 Å². The molecule has 0 saturated heterocycles. The minimum Gasteiger partial charge on any atom is -0.356 e. The van der Waals surface area contributed by atoms with Gasteiger partial charge in [0.2, 0.25) is 0 Å². The average molecular weight is 278 g/mol. The first kappa shape index (κ1) is 11.7. The predicted octanol–water partition coefficient (Wildman–Crippen LogP) is 3.57. The lowest BCUT2D eigenvalue weighted by molar-refractivity contribution is 0.674. The molecule has 0 atom stereocenters. The number of aromatic amines is 1. The molecule has 0 fully saturated rings. The number of H-pyrrole nitrogens is 1. The van der Waals surface area contributed by atoms with Crippen molar-refractivity contribution in [1.29, 1.82) is 0 Å². The van der Waals surface area contributed by atoms with Gasteiger partial charge in [-0.2, -0.15) is 0 Å². The van der Waals surface area contributed by atoms with Crippen LogP contribution in [0.4, 0.5) is 0 Å². The quantitative estimate of drug-likeness (QED) is 0.765. The summed E-state index contributed by atoms with van der Waals surface area (Å²) in [7, 11) is 0. The summed E-state index contributed by atoms with van der Waals surface area (Å²) in [5.41, 5.74) is 5.00. The molecule has 0 amide bonds. The molecule has 0 aliphatic heterocycles. The molecular formula is C13H12ClN3S. The van der Waals surface area contributed by atoms with Gasteiger partial charge in [-0.15, -0.1) is 11.3 Å². The summed E-state index contributed by atoms with van der Waals surface area (Å²) in [6.45, 7) is 1.47. The van der Waals surface area contributed by atoms with Crippen molar-refractivity contribution in [3.8, 4) is 0 Å². The summed E-state index contributed by atoms with van der Waals surface area (Å²) in [5.74, 6) is 0. The topological polar surface area (TPSA) is 40.7 Å². The second-order valence-electron chi connectivity index (χ2n) is 4.05. The second-order valence-corrected chi connectivity index (χ2v) is 5.14. The van der Waals surface area contributed by atoms with E-state index in [0.29, 0.717) is 6.54 Å². The number of nitrogens with one attached hydrogen (secondary N) is 2. The van der Waals surface area contributed by atoms with Crippen LogP contribution in [0.5, 0.6) is 0 Å². The zero-order valence-corrected chi connectivity index (χ0v) is 11.2. The SMILES string of the molecule is Clc1c(CNCc2cscn2)[nH]c2ccccc12. The standard InChI is InChI=1S/C13H12ClN3S/c14-13-10-3-1-2-4-11(10)17-12(13)6-15-5-9-7-18-8-16-9/h1-4,7-8,15,17H,5-6H2. The molecule has 3 aromatic rings. The lowest BCUT2D eigenvalue weighted by atomic mass is 10.2. The number of hydrogen-bond donors (Lipinski definition) is 2. The number of rotatable bonds is 4. The van der Waals surface area contributed by atoms with Crippen molar-refractivity contribution in [2.75, 3.05) is 0 Å². The molecule has 2 heterocycles. The summed E-state index contributed by atoms with van der Waals surface area (Å²) in [6, 6.07) is 8.05. The highest BCUT2D eigenvalue weighted by Crippen LogP contribution is 2.26. The predicted molar refractivity (Wildman–Crippen MR) is 76.0 cm³/mol. The van der Waals surface area contributed by atoms with E-state index in [9.17, 15) is 0 Å². The number of benzene rings is 1. The molecule has 0 unspecified atom stereocenters. The van der Waals surface area contributed by atoms with Gasteiger partial charge in [0, 0.05) is 35.1 Å². The number of aromatic nitrogens is 2. The van der Waals surface area contributed by atoms with Gasteiger partial charge in [-0.05, 0) is 6.07 Å². The molecule has 2 aromatic heterocycles. The molecule has 0 aliphatic rings. The average Bonchev–Trinajstić information content (AvgIpc) is 3.00. The van der Waals surface area contributed by atoms with Crippen LogP contribution in [-0.4, -0.2) is 9.97 Å². The van der Waals surface area contributed by atoms with E-state index in [1.165, 1.54) is 0 Å². The van der Waals surface area contributed by atoms with Gasteiger partial charge in [0.05, 0.1) is 16.2 Å². The number of hydrogen-bond acceptors (Lipinski definition) is 3. The molecule has 18 heavy (non-hydrogen) atoms. The van der Waals surface area contributed by atoms with E-state index in [1.807, 2.05) is 35.2 Å². The Hall–Kier alpha value is -1.36. The number of halogens is 1. The van der Waals surface area contributed by atoms with Gasteiger partial charge in [-0.3, -0.25) is 0 Å². The van der Waals surface area contributed by atoms with Gasteiger partial charge >= 0.3 is 0 Å². The van der Waals surface area contributed by atoms with E-state index in [-0.39, 0.29) is 0 Å². The van der Waals surface area contributed by atoms with Crippen molar-refractivity contribution in [2.24, 2.45) is 0 Å². The van der Waals surface area contributed by atoms with E-state index < -0.39 is 0 Å². The van der Waals surface area contributed by atoms with Crippen molar-refractivity contribution < 1.29 is 0 Å². The fourth-order valence-corrected chi connectivity index (χ4v) is 2.76. The van der Waals surface area contributed by atoms with Gasteiger partial charge in [-0.25, -0.2) is 4.98 Å². The van der Waals surface area contributed by atoms with Crippen LogP contribution < -0.4 is 5.32 Å². The van der Waals surface area contributed by atoms with E-state index in [2.05, 4.69) is 15.3 Å². The van der Waals surface area contributed by atoms with Crippen molar-refractivity contribution in [3.63, 3.8) is 0 Å². The lowest BCUT2D eigenvalue weighted by Crippen LogP contribution is -2.13. The highest BCUT2D eigenvalue weighted by Gasteiger charge is 2.08. The lowest BCUT2D eigenvalue weighted by Gasteiger charge is -2.01. The highest BCUT2D eigenvalue weighted by molar-refractivity contribution is 7.07. The Labute approximate surface area is 114 Å². The molecule has 0 bridgehead atoms. The number of para-hydroxylation sites is 1. The molecular weight excluding hydrogens is 266 g/mol. The summed E-state index contributed by atoms with van der Waals surface area (Å²) in [6.07, 6.45) is 0.